The van der Waals surface area contributed by atoms with Crippen molar-refractivity contribution in [1.29, 1.82) is 0 Å². The van der Waals surface area contributed by atoms with Crippen molar-refractivity contribution >= 4 is 22.6 Å². The van der Waals surface area contributed by atoms with Gasteiger partial charge in [-0.1, -0.05) is 51.2 Å². The molecular weight excluding hydrogens is 359 g/mol. The van der Waals surface area contributed by atoms with Gasteiger partial charge in [0.2, 0.25) is 0 Å². The molecule has 0 aliphatic heterocycles. The van der Waals surface area contributed by atoms with Crippen molar-refractivity contribution in [3.63, 3.8) is 0 Å². The normalized spacial score (nSPS) is 10.9. The van der Waals surface area contributed by atoms with E-state index in [2.05, 4.69) is 69.5 Å². The third-order valence-electron chi connectivity index (χ3n) is 3.55. The van der Waals surface area contributed by atoms with Crippen LogP contribution in [-0.2, 0) is 6.54 Å². The van der Waals surface area contributed by atoms with Gasteiger partial charge in [-0.15, -0.1) is 0 Å². The molecule has 0 N–H and O–H groups in total. The fraction of sp³-hybridized carbons (Fsp3) is 0.471. The first-order valence-electron chi connectivity index (χ1n) is 7.58. The summed E-state index contributed by atoms with van der Waals surface area (Å²) in [6, 6.07) is 8.55. The molecule has 0 atom stereocenters. The van der Waals surface area contributed by atoms with Crippen molar-refractivity contribution in [2.45, 2.75) is 52.0 Å². The van der Waals surface area contributed by atoms with Crippen LogP contribution in [0.4, 0.5) is 0 Å². The van der Waals surface area contributed by atoms with E-state index in [0.29, 0.717) is 0 Å². The van der Waals surface area contributed by atoms with E-state index in [1.54, 1.807) is 0 Å². The van der Waals surface area contributed by atoms with Crippen LogP contribution in [0.1, 0.15) is 45.4 Å². The lowest BCUT2D eigenvalue weighted by molar-refractivity contribution is 0.560. The van der Waals surface area contributed by atoms with Crippen LogP contribution in [0.3, 0.4) is 0 Å². The van der Waals surface area contributed by atoms with Crippen molar-refractivity contribution in [3.8, 4) is 11.4 Å². The van der Waals surface area contributed by atoms with E-state index in [1.165, 1.54) is 47.7 Å². The summed E-state index contributed by atoms with van der Waals surface area (Å²) in [5.41, 5.74) is 1.22. The number of imidazole rings is 1. The lowest BCUT2D eigenvalue weighted by Gasteiger charge is -2.08. The Labute approximate surface area is 135 Å². The largest absolute Gasteiger partial charge is 0.331 e. The highest BCUT2D eigenvalue weighted by Gasteiger charge is 2.05. The van der Waals surface area contributed by atoms with E-state index in [-0.39, 0.29) is 0 Å². The summed E-state index contributed by atoms with van der Waals surface area (Å²) >= 11 is 2.35. The molecule has 0 amide bonds. The molecule has 0 fully saturated rings. The minimum atomic E-state index is 1.08. The molecule has 20 heavy (non-hydrogen) atoms. The number of halogens is 1. The first-order chi connectivity index (χ1) is 9.81. The highest BCUT2D eigenvalue weighted by atomic mass is 127. The van der Waals surface area contributed by atoms with Crippen LogP contribution in [0.5, 0.6) is 0 Å². The van der Waals surface area contributed by atoms with E-state index in [0.717, 1.165) is 12.4 Å². The lowest BCUT2D eigenvalue weighted by Crippen LogP contribution is -2.00. The van der Waals surface area contributed by atoms with Crippen molar-refractivity contribution in [2.75, 3.05) is 0 Å². The average Bonchev–Trinajstić information content (AvgIpc) is 2.91. The number of nitrogens with zero attached hydrogens (tertiary/aromatic N) is 2. The number of hydrogen-bond donors (Lipinski definition) is 0. The third kappa shape index (κ3) is 4.62. The molecule has 0 unspecified atom stereocenters. The number of aryl methyl sites for hydroxylation is 1. The first kappa shape index (κ1) is 15.5. The molecule has 0 saturated heterocycles. The van der Waals surface area contributed by atoms with Gasteiger partial charge in [-0.3, -0.25) is 0 Å². The topological polar surface area (TPSA) is 17.8 Å². The van der Waals surface area contributed by atoms with Crippen molar-refractivity contribution in [1.82, 2.24) is 9.55 Å². The highest BCUT2D eigenvalue weighted by molar-refractivity contribution is 14.1. The Balaban J connectivity index is 1.89. The quantitative estimate of drug-likeness (QED) is 0.435. The maximum atomic E-state index is 4.52. The molecule has 0 spiro atoms. The molecule has 1 heterocycles. The van der Waals surface area contributed by atoms with Gasteiger partial charge in [0.25, 0.3) is 0 Å². The van der Waals surface area contributed by atoms with Crippen LogP contribution in [0.15, 0.2) is 36.7 Å². The van der Waals surface area contributed by atoms with E-state index in [1.807, 2.05) is 6.20 Å². The second-order valence-electron chi connectivity index (χ2n) is 5.22. The Kier molecular flexibility index (Phi) is 6.57. The van der Waals surface area contributed by atoms with Gasteiger partial charge in [-0.2, -0.15) is 0 Å². The Hall–Kier alpha value is -0.840. The van der Waals surface area contributed by atoms with Gasteiger partial charge in [0.1, 0.15) is 5.82 Å². The van der Waals surface area contributed by atoms with Gasteiger partial charge in [-0.25, -0.2) is 4.98 Å². The average molecular weight is 382 g/mol. The van der Waals surface area contributed by atoms with Gasteiger partial charge in [0, 0.05) is 28.1 Å². The second-order valence-corrected chi connectivity index (χ2v) is 6.47. The molecule has 0 radical (unpaired) electrons. The number of benzene rings is 1. The fourth-order valence-corrected chi connectivity index (χ4v) is 2.98. The zero-order valence-corrected chi connectivity index (χ0v) is 14.3. The molecule has 3 heteroatoms. The fourth-order valence-electron chi connectivity index (χ4n) is 2.44. The summed E-state index contributed by atoms with van der Waals surface area (Å²) in [6.07, 6.45) is 12.0. The highest BCUT2D eigenvalue weighted by Crippen LogP contribution is 2.20. The standard InChI is InChI=1S/C17H23IN2/c1-2-3-4-5-6-7-12-20-13-11-19-17(20)15-9-8-10-16(18)14-15/h8-11,13-14H,2-7,12H2,1H3. The minimum absolute atomic E-state index is 1.08. The van der Waals surface area contributed by atoms with Crippen LogP contribution in [0.2, 0.25) is 0 Å². The maximum absolute atomic E-state index is 4.52. The summed E-state index contributed by atoms with van der Waals surface area (Å²) in [7, 11) is 0. The Morgan fingerprint density at radius 1 is 1.10 bits per heavy atom. The van der Waals surface area contributed by atoms with Gasteiger partial charge in [0.05, 0.1) is 0 Å². The summed E-state index contributed by atoms with van der Waals surface area (Å²) in [5.74, 6) is 1.09. The molecule has 2 rings (SSSR count). The zero-order valence-electron chi connectivity index (χ0n) is 12.2. The van der Waals surface area contributed by atoms with Crippen molar-refractivity contribution in [3.05, 3.63) is 40.2 Å². The molecule has 0 aliphatic carbocycles. The maximum Gasteiger partial charge on any atom is 0.139 e. The summed E-state index contributed by atoms with van der Waals surface area (Å²) in [5, 5.41) is 0. The smallest absolute Gasteiger partial charge is 0.139 e. The number of unbranched alkanes of at least 4 members (excludes halogenated alkanes) is 5. The first-order valence-corrected chi connectivity index (χ1v) is 8.66. The second kappa shape index (κ2) is 8.45. The minimum Gasteiger partial charge on any atom is -0.331 e. The van der Waals surface area contributed by atoms with E-state index < -0.39 is 0 Å². The van der Waals surface area contributed by atoms with Crippen LogP contribution >= 0.6 is 22.6 Å². The van der Waals surface area contributed by atoms with Gasteiger partial charge < -0.3 is 4.57 Å². The summed E-state index contributed by atoms with van der Waals surface area (Å²) < 4.78 is 3.54. The van der Waals surface area contributed by atoms with Crippen LogP contribution in [0.25, 0.3) is 11.4 Å². The van der Waals surface area contributed by atoms with Gasteiger partial charge in [-0.05, 0) is 41.1 Å². The Bertz CT molecular complexity index is 519. The lowest BCUT2D eigenvalue weighted by atomic mass is 10.1. The van der Waals surface area contributed by atoms with Crippen LogP contribution in [0, 0.1) is 3.57 Å². The molecule has 0 aliphatic rings. The summed E-state index contributed by atoms with van der Waals surface area (Å²) in [6.45, 7) is 3.34. The van der Waals surface area contributed by atoms with Crippen molar-refractivity contribution in [2.24, 2.45) is 0 Å². The predicted octanol–water partition coefficient (Wildman–Crippen LogP) is 5.52. The molecular formula is C17H23IN2. The molecule has 0 saturated carbocycles. The van der Waals surface area contributed by atoms with Gasteiger partial charge in [0.15, 0.2) is 0 Å². The monoisotopic (exact) mass is 382 g/mol. The number of hydrogen-bond acceptors (Lipinski definition) is 1. The number of rotatable bonds is 8. The SMILES string of the molecule is CCCCCCCCn1ccnc1-c1cccc(I)c1. The third-order valence-corrected chi connectivity index (χ3v) is 4.22. The summed E-state index contributed by atoms with van der Waals surface area (Å²) in [4.78, 5) is 4.52. The molecule has 2 aromatic rings. The predicted molar refractivity (Wildman–Crippen MR) is 93.8 cm³/mol. The zero-order chi connectivity index (χ0) is 14.2. The van der Waals surface area contributed by atoms with E-state index in [4.69, 9.17) is 0 Å². The van der Waals surface area contributed by atoms with E-state index in [9.17, 15) is 0 Å². The molecule has 0 bridgehead atoms. The van der Waals surface area contributed by atoms with Crippen molar-refractivity contribution < 1.29 is 0 Å². The molecule has 1 aromatic heterocycles. The molecule has 1 aromatic carbocycles. The van der Waals surface area contributed by atoms with Crippen LogP contribution in [-0.4, -0.2) is 9.55 Å². The Morgan fingerprint density at radius 3 is 2.70 bits per heavy atom. The molecule has 108 valence electrons. The van der Waals surface area contributed by atoms with Crippen LogP contribution < -0.4 is 0 Å². The number of aromatic nitrogens is 2. The molecule has 2 nitrogen and oxygen atoms in total. The Morgan fingerprint density at radius 2 is 1.90 bits per heavy atom. The van der Waals surface area contributed by atoms with Gasteiger partial charge >= 0.3 is 0 Å². The van der Waals surface area contributed by atoms with E-state index >= 15 is 0 Å².